The molecule has 1 aromatic rings. The van der Waals surface area contributed by atoms with E-state index in [4.69, 9.17) is 4.74 Å². The molecular formula is C19H27NO2Se. The molecule has 2 aliphatic carbocycles. The maximum atomic E-state index is 9.66. The van der Waals surface area contributed by atoms with Gasteiger partial charge >= 0.3 is 145 Å². The van der Waals surface area contributed by atoms with E-state index >= 15 is 0 Å². The number of hydrogen-bond acceptors (Lipinski definition) is 3. The molecule has 1 aromatic carbocycles. The number of rotatable bonds is 5. The van der Waals surface area contributed by atoms with Gasteiger partial charge in [-0.3, -0.25) is 0 Å². The molecule has 4 heteroatoms. The Morgan fingerprint density at radius 1 is 1.30 bits per heavy atom. The molecule has 0 radical (unpaired) electrons. The van der Waals surface area contributed by atoms with Crippen molar-refractivity contribution in [2.75, 3.05) is 7.11 Å². The average molecular weight is 380 g/mol. The summed E-state index contributed by atoms with van der Waals surface area (Å²) in [6, 6.07) is 10.4. The topological polar surface area (TPSA) is 41.8 Å². The summed E-state index contributed by atoms with van der Waals surface area (Å²) in [6.07, 6.45) is 2.56. The van der Waals surface area contributed by atoms with Crippen molar-refractivity contribution in [1.29, 1.82) is 0 Å². The summed E-state index contributed by atoms with van der Waals surface area (Å²) >= 11 is 0.373. The fourth-order valence-corrected chi connectivity index (χ4v) is 8.50. The van der Waals surface area contributed by atoms with Crippen LogP contribution in [0.4, 0.5) is 0 Å². The predicted octanol–water partition coefficient (Wildman–Crippen LogP) is 4.57. The molecule has 0 amide bonds. The summed E-state index contributed by atoms with van der Waals surface area (Å²) in [4.78, 5) is 0.447. The van der Waals surface area contributed by atoms with Crippen molar-refractivity contribution < 1.29 is 9.94 Å². The molecule has 4 atom stereocenters. The molecule has 0 aliphatic heterocycles. The number of benzene rings is 1. The molecule has 2 bridgehead atoms. The first kappa shape index (κ1) is 17.0. The Labute approximate surface area is 145 Å². The van der Waals surface area contributed by atoms with Crippen molar-refractivity contribution in [2.24, 2.45) is 21.9 Å². The van der Waals surface area contributed by atoms with Crippen LogP contribution in [-0.4, -0.2) is 33.0 Å². The Balaban J connectivity index is 1.76. The second kappa shape index (κ2) is 6.23. The van der Waals surface area contributed by atoms with E-state index in [2.05, 4.69) is 50.2 Å². The number of oxime groups is 1. The minimum absolute atomic E-state index is 0.0636. The molecule has 3 rings (SSSR count). The minimum atomic E-state index is 0.0636. The van der Waals surface area contributed by atoms with Crippen LogP contribution in [0.1, 0.15) is 45.3 Å². The summed E-state index contributed by atoms with van der Waals surface area (Å²) < 4.78 is 5.74. The van der Waals surface area contributed by atoms with Crippen molar-refractivity contribution in [3.8, 4) is 0 Å². The van der Waals surface area contributed by atoms with E-state index in [0.29, 0.717) is 25.7 Å². The standard InChI is InChI=1S/C19H27NO2Se/c1-18(2)14-10-11-19(18,3)17(20-21)16(14)23-12-15(22-4)13-8-6-5-7-9-13/h5-9,14-16,21H,10-12H2,1-4H3/b20-17+/t14?,15?,16?,19-/m0/s1. The van der Waals surface area contributed by atoms with Gasteiger partial charge in [0.25, 0.3) is 0 Å². The molecule has 0 spiro atoms. The fourth-order valence-electron chi connectivity index (χ4n) is 4.55. The first-order valence-corrected chi connectivity index (χ1v) is 10.6. The zero-order valence-corrected chi connectivity index (χ0v) is 16.2. The van der Waals surface area contributed by atoms with E-state index in [1.165, 1.54) is 12.0 Å². The fraction of sp³-hybridized carbons (Fsp3) is 0.632. The van der Waals surface area contributed by atoms with Crippen molar-refractivity contribution >= 4 is 20.7 Å². The van der Waals surface area contributed by atoms with E-state index in [9.17, 15) is 5.21 Å². The van der Waals surface area contributed by atoms with Crippen LogP contribution >= 0.6 is 0 Å². The van der Waals surface area contributed by atoms with Gasteiger partial charge in [-0.1, -0.05) is 0 Å². The number of ether oxygens (including phenoxy) is 1. The van der Waals surface area contributed by atoms with Crippen molar-refractivity contribution in [2.45, 2.75) is 49.9 Å². The maximum absolute atomic E-state index is 9.66. The van der Waals surface area contributed by atoms with Crippen LogP contribution in [0.5, 0.6) is 0 Å². The Morgan fingerprint density at radius 2 is 2.00 bits per heavy atom. The van der Waals surface area contributed by atoms with Gasteiger partial charge in [0.05, 0.1) is 0 Å². The van der Waals surface area contributed by atoms with Crippen molar-refractivity contribution in [1.82, 2.24) is 0 Å². The molecule has 2 saturated carbocycles. The molecule has 126 valence electrons. The second-order valence-corrected chi connectivity index (χ2v) is 10.0. The van der Waals surface area contributed by atoms with Crippen LogP contribution in [0.3, 0.4) is 0 Å². The van der Waals surface area contributed by atoms with Gasteiger partial charge in [-0.05, 0) is 0 Å². The van der Waals surface area contributed by atoms with Gasteiger partial charge in [0.2, 0.25) is 0 Å². The molecule has 23 heavy (non-hydrogen) atoms. The number of nitrogens with zero attached hydrogens (tertiary/aromatic N) is 1. The third kappa shape index (κ3) is 2.56. The molecule has 0 aromatic heterocycles. The Bertz CT molecular complexity index is 586. The summed E-state index contributed by atoms with van der Waals surface area (Å²) in [5.74, 6) is 0.645. The first-order valence-electron chi connectivity index (χ1n) is 8.37. The zero-order valence-electron chi connectivity index (χ0n) is 14.5. The van der Waals surface area contributed by atoms with E-state index in [1.54, 1.807) is 7.11 Å². The van der Waals surface area contributed by atoms with Crippen LogP contribution in [0.15, 0.2) is 35.5 Å². The van der Waals surface area contributed by atoms with Gasteiger partial charge in [-0.25, -0.2) is 0 Å². The Morgan fingerprint density at radius 3 is 2.61 bits per heavy atom. The summed E-state index contributed by atoms with van der Waals surface area (Å²) in [5, 5.41) is 14.5. The number of hydrogen-bond donors (Lipinski definition) is 1. The van der Waals surface area contributed by atoms with E-state index in [0.717, 1.165) is 17.5 Å². The van der Waals surface area contributed by atoms with Gasteiger partial charge < -0.3 is 0 Å². The third-order valence-electron chi connectivity index (χ3n) is 6.50. The first-order chi connectivity index (χ1) is 11.0. The van der Waals surface area contributed by atoms with Gasteiger partial charge in [0, 0.05) is 0 Å². The van der Waals surface area contributed by atoms with E-state index in [-0.39, 0.29) is 16.9 Å². The van der Waals surface area contributed by atoms with E-state index in [1.807, 2.05) is 6.07 Å². The van der Waals surface area contributed by atoms with E-state index < -0.39 is 0 Å². The molecule has 2 aliphatic rings. The summed E-state index contributed by atoms with van der Waals surface area (Å²) in [6.45, 7) is 7.01. The number of methoxy groups -OCH3 is 1. The average Bonchev–Trinajstić information content (AvgIpc) is 2.87. The quantitative estimate of drug-likeness (QED) is 0.462. The van der Waals surface area contributed by atoms with Gasteiger partial charge in [0.1, 0.15) is 0 Å². The zero-order chi connectivity index (χ0) is 16.7. The third-order valence-corrected chi connectivity index (χ3v) is 9.45. The molecule has 3 unspecified atom stereocenters. The van der Waals surface area contributed by atoms with Crippen LogP contribution < -0.4 is 0 Å². The van der Waals surface area contributed by atoms with Gasteiger partial charge in [0.15, 0.2) is 0 Å². The van der Waals surface area contributed by atoms with Crippen LogP contribution in [0.2, 0.25) is 10.1 Å². The van der Waals surface area contributed by atoms with Crippen molar-refractivity contribution in [3.63, 3.8) is 0 Å². The molecule has 0 saturated heterocycles. The Hall–Kier alpha value is -0.831. The molecular weight excluding hydrogens is 353 g/mol. The van der Waals surface area contributed by atoms with Gasteiger partial charge in [-0.2, -0.15) is 0 Å². The Kier molecular flexibility index (Phi) is 4.61. The molecule has 1 N–H and O–H groups in total. The SMILES string of the molecule is COC(C[Se]C1/C(=N\O)[C@]2(C)CCC1C2(C)C)c1ccccc1. The van der Waals surface area contributed by atoms with Crippen LogP contribution in [0, 0.1) is 16.7 Å². The summed E-state index contributed by atoms with van der Waals surface area (Å²) in [7, 11) is 1.79. The second-order valence-electron chi connectivity index (χ2n) is 7.57. The van der Waals surface area contributed by atoms with Crippen molar-refractivity contribution in [3.05, 3.63) is 35.9 Å². The monoisotopic (exact) mass is 381 g/mol. The number of fused-ring (bicyclic) bond motifs is 2. The van der Waals surface area contributed by atoms with Crippen LogP contribution in [-0.2, 0) is 4.74 Å². The predicted molar refractivity (Wildman–Crippen MR) is 94.3 cm³/mol. The molecule has 3 nitrogen and oxygen atoms in total. The van der Waals surface area contributed by atoms with Crippen LogP contribution in [0.25, 0.3) is 0 Å². The normalized spacial score (nSPS) is 34.9. The molecule has 2 fully saturated rings. The van der Waals surface area contributed by atoms with Gasteiger partial charge in [-0.15, -0.1) is 0 Å². The summed E-state index contributed by atoms with van der Waals surface area (Å²) in [5.41, 5.74) is 2.60. The molecule has 0 heterocycles.